The summed E-state index contributed by atoms with van der Waals surface area (Å²) in [7, 11) is 1.31. The van der Waals surface area contributed by atoms with Gasteiger partial charge in [0.2, 0.25) is 0 Å². The van der Waals surface area contributed by atoms with E-state index in [1.807, 2.05) is 30.3 Å². The zero-order valence-corrected chi connectivity index (χ0v) is 18.5. The molecule has 1 aliphatic rings. The number of H-pyrrole nitrogens is 1. The molecule has 9 nitrogen and oxygen atoms in total. The Morgan fingerprint density at radius 1 is 1.18 bits per heavy atom. The summed E-state index contributed by atoms with van der Waals surface area (Å²) in [4.78, 5) is 46.4. The molecular formula is C24H27N5O4. The van der Waals surface area contributed by atoms with Gasteiger partial charge in [0.05, 0.1) is 30.1 Å². The molecule has 9 heteroatoms. The van der Waals surface area contributed by atoms with E-state index >= 15 is 0 Å². The van der Waals surface area contributed by atoms with E-state index in [9.17, 15) is 14.4 Å². The minimum Gasteiger partial charge on any atom is -0.465 e. The number of carbonyl (C=O) groups excluding carboxylic acids is 2. The molecule has 1 fully saturated rings. The predicted octanol–water partition coefficient (Wildman–Crippen LogP) is 2.89. The first-order chi connectivity index (χ1) is 16.0. The minimum atomic E-state index is -0.475. The standard InChI is InChI=1S/C24H27N5O4/c1-33-23(31)16-10-11-19-20(13-16)27-21(28-22(19)30)15-29-12-6-5-9-18(29)14-25-24(32)26-17-7-3-2-4-8-17/h2-4,7-8,10-11,13,18H,5-6,9,12,14-15H2,1H3,(H2,25,26,32)(H,27,28,30). The molecule has 2 heterocycles. The molecule has 2 aromatic carbocycles. The first-order valence-corrected chi connectivity index (χ1v) is 11.0. The number of nitrogens with zero attached hydrogens (tertiary/aromatic N) is 2. The Labute approximate surface area is 191 Å². The number of nitrogens with one attached hydrogen (secondary N) is 3. The summed E-state index contributed by atoms with van der Waals surface area (Å²) in [5, 5.41) is 6.19. The van der Waals surface area contributed by atoms with Crippen molar-refractivity contribution in [2.45, 2.75) is 31.8 Å². The maximum atomic E-state index is 12.6. The third kappa shape index (κ3) is 5.56. The fraction of sp³-hybridized carbons (Fsp3) is 0.333. The molecule has 1 aliphatic heterocycles. The molecule has 2 amide bonds. The second-order valence-electron chi connectivity index (χ2n) is 8.06. The van der Waals surface area contributed by atoms with Gasteiger partial charge in [-0.15, -0.1) is 0 Å². The summed E-state index contributed by atoms with van der Waals surface area (Å²) in [6.07, 6.45) is 3.06. The van der Waals surface area contributed by atoms with Crippen molar-refractivity contribution in [1.29, 1.82) is 0 Å². The molecule has 3 aromatic rings. The van der Waals surface area contributed by atoms with Gasteiger partial charge in [-0.3, -0.25) is 9.69 Å². The van der Waals surface area contributed by atoms with E-state index in [1.54, 1.807) is 18.2 Å². The number of aromatic nitrogens is 2. The van der Waals surface area contributed by atoms with Crippen LogP contribution in [0.25, 0.3) is 10.9 Å². The van der Waals surface area contributed by atoms with Crippen LogP contribution in [0.3, 0.4) is 0 Å². The highest BCUT2D eigenvalue weighted by atomic mass is 16.5. The molecule has 0 spiro atoms. The number of piperidine rings is 1. The molecule has 3 N–H and O–H groups in total. The zero-order chi connectivity index (χ0) is 23.2. The number of hydrogen-bond donors (Lipinski definition) is 3. The average molecular weight is 450 g/mol. The maximum absolute atomic E-state index is 12.6. The molecule has 0 aliphatic carbocycles. The second-order valence-corrected chi connectivity index (χ2v) is 8.06. The van der Waals surface area contributed by atoms with Crippen molar-refractivity contribution < 1.29 is 14.3 Å². The number of benzene rings is 2. The van der Waals surface area contributed by atoms with Crippen molar-refractivity contribution in [2.24, 2.45) is 0 Å². The Bertz CT molecular complexity index is 1190. The Morgan fingerprint density at radius 2 is 2.00 bits per heavy atom. The Morgan fingerprint density at radius 3 is 2.79 bits per heavy atom. The largest absolute Gasteiger partial charge is 0.465 e. The third-order valence-electron chi connectivity index (χ3n) is 5.81. The topological polar surface area (TPSA) is 116 Å². The van der Waals surface area contributed by atoms with E-state index in [1.165, 1.54) is 7.11 Å². The van der Waals surface area contributed by atoms with Gasteiger partial charge < -0.3 is 20.4 Å². The Balaban J connectivity index is 1.45. The van der Waals surface area contributed by atoms with Gasteiger partial charge in [-0.25, -0.2) is 14.6 Å². The lowest BCUT2D eigenvalue weighted by atomic mass is 10.0. The third-order valence-corrected chi connectivity index (χ3v) is 5.81. The smallest absolute Gasteiger partial charge is 0.337 e. The Kier molecular flexibility index (Phi) is 6.99. The molecular weight excluding hydrogens is 422 g/mol. The summed E-state index contributed by atoms with van der Waals surface area (Å²) in [5.41, 5.74) is 1.28. The zero-order valence-electron chi connectivity index (χ0n) is 18.5. The van der Waals surface area contributed by atoms with Crippen LogP contribution in [0.4, 0.5) is 10.5 Å². The second kappa shape index (κ2) is 10.3. The van der Waals surface area contributed by atoms with E-state index < -0.39 is 5.97 Å². The van der Waals surface area contributed by atoms with Gasteiger partial charge in [0.15, 0.2) is 0 Å². The number of aromatic amines is 1. The van der Waals surface area contributed by atoms with Crippen LogP contribution in [0.1, 0.15) is 35.4 Å². The SMILES string of the molecule is COC(=O)c1ccc2c(=O)[nH]c(CN3CCCCC3CNC(=O)Nc3ccccc3)nc2c1. The number of para-hydroxylation sites is 1. The van der Waals surface area contributed by atoms with Gasteiger partial charge in [-0.05, 0) is 49.7 Å². The normalized spacial score (nSPS) is 16.3. The van der Waals surface area contributed by atoms with Crippen LogP contribution >= 0.6 is 0 Å². The van der Waals surface area contributed by atoms with E-state index in [2.05, 4.69) is 25.5 Å². The highest BCUT2D eigenvalue weighted by Gasteiger charge is 2.24. The maximum Gasteiger partial charge on any atom is 0.337 e. The molecule has 172 valence electrons. The fourth-order valence-corrected chi connectivity index (χ4v) is 4.11. The molecule has 1 saturated heterocycles. The predicted molar refractivity (Wildman–Crippen MR) is 125 cm³/mol. The lowest BCUT2D eigenvalue weighted by molar-refractivity contribution is 0.0601. The van der Waals surface area contributed by atoms with Crippen LogP contribution in [0.15, 0.2) is 53.3 Å². The van der Waals surface area contributed by atoms with Crippen molar-refractivity contribution in [3.63, 3.8) is 0 Å². The number of urea groups is 1. The number of hydrogen-bond acceptors (Lipinski definition) is 6. The number of rotatable bonds is 6. The number of likely N-dealkylation sites (tertiary alicyclic amines) is 1. The highest BCUT2D eigenvalue weighted by Crippen LogP contribution is 2.19. The molecule has 0 radical (unpaired) electrons. The van der Waals surface area contributed by atoms with Crippen molar-refractivity contribution in [2.75, 3.05) is 25.5 Å². The summed E-state index contributed by atoms with van der Waals surface area (Å²) in [6, 6.07) is 13.9. The molecule has 1 atom stereocenters. The molecule has 33 heavy (non-hydrogen) atoms. The van der Waals surface area contributed by atoms with Crippen LogP contribution in [0.5, 0.6) is 0 Å². The van der Waals surface area contributed by atoms with Crippen molar-refractivity contribution in [3.8, 4) is 0 Å². The first kappa shape index (κ1) is 22.5. The monoisotopic (exact) mass is 449 g/mol. The Hall–Kier alpha value is -3.72. The molecule has 0 saturated carbocycles. The van der Waals surface area contributed by atoms with E-state index in [4.69, 9.17) is 4.74 Å². The number of fused-ring (bicyclic) bond motifs is 1. The summed E-state index contributed by atoms with van der Waals surface area (Å²) >= 11 is 0. The van der Waals surface area contributed by atoms with Crippen molar-refractivity contribution >= 4 is 28.6 Å². The minimum absolute atomic E-state index is 0.127. The van der Waals surface area contributed by atoms with Crippen molar-refractivity contribution in [1.82, 2.24) is 20.2 Å². The van der Waals surface area contributed by atoms with Crippen LogP contribution in [0.2, 0.25) is 0 Å². The number of carbonyl (C=O) groups is 2. The van der Waals surface area contributed by atoms with Gasteiger partial charge in [0.1, 0.15) is 5.82 Å². The molecule has 0 bridgehead atoms. The van der Waals surface area contributed by atoms with Crippen LogP contribution in [0, 0.1) is 0 Å². The molecule has 4 rings (SSSR count). The summed E-state index contributed by atoms with van der Waals surface area (Å²) < 4.78 is 4.76. The fourth-order valence-electron chi connectivity index (χ4n) is 4.11. The highest BCUT2D eigenvalue weighted by molar-refractivity contribution is 5.94. The number of methoxy groups -OCH3 is 1. The number of ether oxygens (including phenoxy) is 1. The lowest BCUT2D eigenvalue weighted by Gasteiger charge is -2.35. The number of amides is 2. The summed E-state index contributed by atoms with van der Waals surface area (Å²) in [5.74, 6) is 0.0478. The van der Waals surface area contributed by atoms with Crippen LogP contribution < -0.4 is 16.2 Å². The quantitative estimate of drug-likeness (QED) is 0.498. The lowest BCUT2D eigenvalue weighted by Crippen LogP contribution is -2.47. The molecule has 1 aromatic heterocycles. The number of anilines is 1. The van der Waals surface area contributed by atoms with Crippen LogP contribution in [-0.2, 0) is 11.3 Å². The van der Waals surface area contributed by atoms with Crippen molar-refractivity contribution in [3.05, 3.63) is 70.3 Å². The van der Waals surface area contributed by atoms with Crippen LogP contribution in [-0.4, -0.2) is 53.1 Å². The average Bonchev–Trinajstić information content (AvgIpc) is 2.83. The van der Waals surface area contributed by atoms with Gasteiger partial charge in [-0.2, -0.15) is 0 Å². The number of esters is 1. The summed E-state index contributed by atoms with van der Waals surface area (Å²) in [6.45, 7) is 1.78. The van der Waals surface area contributed by atoms with Gasteiger partial charge in [0, 0.05) is 18.3 Å². The first-order valence-electron chi connectivity index (χ1n) is 11.0. The van der Waals surface area contributed by atoms with Gasteiger partial charge in [0.25, 0.3) is 5.56 Å². The van der Waals surface area contributed by atoms with E-state index in [-0.39, 0.29) is 17.6 Å². The van der Waals surface area contributed by atoms with Gasteiger partial charge >= 0.3 is 12.0 Å². The molecule has 1 unspecified atom stereocenters. The van der Waals surface area contributed by atoms with Gasteiger partial charge in [-0.1, -0.05) is 24.6 Å². The van der Waals surface area contributed by atoms with E-state index in [0.29, 0.717) is 35.4 Å². The van der Waals surface area contributed by atoms with E-state index in [0.717, 1.165) is 31.5 Å².